The van der Waals surface area contributed by atoms with Crippen molar-refractivity contribution in [3.05, 3.63) is 52.0 Å². The van der Waals surface area contributed by atoms with E-state index in [4.69, 9.17) is 0 Å². The minimum Gasteiger partial charge on any atom is -0.375 e. The quantitative estimate of drug-likeness (QED) is 0.642. The van der Waals surface area contributed by atoms with E-state index in [0.29, 0.717) is 12.2 Å². The van der Waals surface area contributed by atoms with Gasteiger partial charge in [0, 0.05) is 46.2 Å². The van der Waals surface area contributed by atoms with Crippen molar-refractivity contribution in [1.29, 1.82) is 0 Å². The Hall–Kier alpha value is -2.08. The molecule has 4 nitrogen and oxygen atoms in total. The number of benzene rings is 1. The number of halogens is 1. The first-order chi connectivity index (χ1) is 11.5. The SMILES string of the molecule is CN=C(NCc1ccc(N(C)C)c(F)c1)N(C)CCc1cccs1. The maximum atomic E-state index is 14.0. The molecule has 2 aromatic rings. The average Bonchev–Trinajstić information content (AvgIpc) is 3.06. The molecule has 24 heavy (non-hydrogen) atoms. The second kappa shape index (κ2) is 8.68. The summed E-state index contributed by atoms with van der Waals surface area (Å²) < 4.78 is 14.0. The molecule has 0 fully saturated rings. The summed E-state index contributed by atoms with van der Waals surface area (Å²) in [6.45, 7) is 1.43. The number of nitrogens with zero attached hydrogens (tertiary/aromatic N) is 3. The van der Waals surface area contributed by atoms with Gasteiger partial charge >= 0.3 is 0 Å². The fourth-order valence-electron chi connectivity index (χ4n) is 2.43. The average molecular weight is 348 g/mol. The van der Waals surface area contributed by atoms with Crippen molar-refractivity contribution < 1.29 is 4.39 Å². The van der Waals surface area contributed by atoms with Gasteiger partial charge in [0.15, 0.2) is 5.96 Å². The number of rotatable bonds is 6. The van der Waals surface area contributed by atoms with Gasteiger partial charge in [-0.05, 0) is 35.6 Å². The maximum Gasteiger partial charge on any atom is 0.193 e. The fraction of sp³-hybridized carbons (Fsp3) is 0.389. The van der Waals surface area contributed by atoms with Crippen LogP contribution in [0.15, 0.2) is 40.7 Å². The van der Waals surface area contributed by atoms with Gasteiger partial charge in [0.25, 0.3) is 0 Å². The van der Waals surface area contributed by atoms with Gasteiger partial charge in [-0.3, -0.25) is 4.99 Å². The van der Waals surface area contributed by atoms with Crippen molar-refractivity contribution in [1.82, 2.24) is 10.2 Å². The molecule has 0 aliphatic heterocycles. The van der Waals surface area contributed by atoms with Gasteiger partial charge in [-0.15, -0.1) is 11.3 Å². The first-order valence-electron chi connectivity index (χ1n) is 7.91. The van der Waals surface area contributed by atoms with E-state index in [1.807, 2.05) is 27.2 Å². The molecule has 6 heteroatoms. The minimum atomic E-state index is -0.208. The summed E-state index contributed by atoms with van der Waals surface area (Å²) in [7, 11) is 7.44. The Morgan fingerprint density at radius 1 is 1.25 bits per heavy atom. The summed E-state index contributed by atoms with van der Waals surface area (Å²) in [4.78, 5) is 9.52. The van der Waals surface area contributed by atoms with Gasteiger partial charge < -0.3 is 15.1 Å². The molecular weight excluding hydrogens is 323 g/mol. The molecule has 0 radical (unpaired) electrons. The first kappa shape index (κ1) is 18.3. The van der Waals surface area contributed by atoms with E-state index >= 15 is 0 Å². The largest absolute Gasteiger partial charge is 0.375 e. The van der Waals surface area contributed by atoms with E-state index < -0.39 is 0 Å². The molecule has 0 spiro atoms. The van der Waals surface area contributed by atoms with Crippen LogP contribution >= 0.6 is 11.3 Å². The molecule has 1 heterocycles. The first-order valence-corrected chi connectivity index (χ1v) is 8.79. The molecule has 130 valence electrons. The van der Waals surface area contributed by atoms with Crippen LogP contribution in [0.25, 0.3) is 0 Å². The van der Waals surface area contributed by atoms with Crippen LogP contribution in [-0.2, 0) is 13.0 Å². The summed E-state index contributed by atoms with van der Waals surface area (Å²) in [5.41, 5.74) is 1.49. The molecule has 1 aromatic heterocycles. The van der Waals surface area contributed by atoms with Gasteiger partial charge in [0.1, 0.15) is 5.82 Å². The molecular formula is C18H25FN4S. The van der Waals surface area contributed by atoms with Gasteiger partial charge in [-0.1, -0.05) is 12.1 Å². The molecule has 2 rings (SSSR count). The van der Waals surface area contributed by atoms with E-state index in [2.05, 4.69) is 32.7 Å². The number of hydrogen-bond acceptors (Lipinski definition) is 3. The lowest BCUT2D eigenvalue weighted by molar-refractivity contribution is 0.486. The Morgan fingerprint density at radius 3 is 2.62 bits per heavy atom. The summed E-state index contributed by atoms with van der Waals surface area (Å²) in [5, 5.41) is 5.38. The molecule has 1 aromatic carbocycles. The maximum absolute atomic E-state index is 14.0. The van der Waals surface area contributed by atoms with Crippen LogP contribution in [0.3, 0.4) is 0 Å². The number of likely N-dealkylation sites (N-methyl/N-ethyl adjacent to an activating group) is 1. The van der Waals surface area contributed by atoms with Crippen molar-refractivity contribution in [3.8, 4) is 0 Å². The molecule has 1 N–H and O–H groups in total. The molecule has 0 aliphatic carbocycles. The molecule has 0 atom stereocenters. The summed E-state index contributed by atoms with van der Waals surface area (Å²) in [6.07, 6.45) is 0.987. The highest BCUT2D eigenvalue weighted by molar-refractivity contribution is 7.09. The van der Waals surface area contributed by atoms with Gasteiger partial charge in [0.2, 0.25) is 0 Å². The van der Waals surface area contributed by atoms with Gasteiger partial charge in [-0.25, -0.2) is 4.39 Å². The Morgan fingerprint density at radius 2 is 2.04 bits per heavy atom. The normalized spacial score (nSPS) is 11.5. The lowest BCUT2D eigenvalue weighted by atomic mass is 10.2. The van der Waals surface area contributed by atoms with E-state index in [1.54, 1.807) is 35.4 Å². The van der Waals surface area contributed by atoms with E-state index in [9.17, 15) is 4.39 Å². The summed E-state index contributed by atoms with van der Waals surface area (Å²) >= 11 is 1.77. The number of nitrogens with one attached hydrogen (secondary N) is 1. The lowest BCUT2D eigenvalue weighted by Gasteiger charge is -2.22. The van der Waals surface area contributed by atoms with Gasteiger partial charge in [-0.2, -0.15) is 0 Å². The molecule has 0 aliphatic rings. The lowest BCUT2D eigenvalue weighted by Crippen LogP contribution is -2.39. The van der Waals surface area contributed by atoms with E-state index in [0.717, 1.165) is 24.5 Å². The molecule has 0 saturated heterocycles. The number of aliphatic imine (C=N–C) groups is 1. The zero-order valence-corrected chi connectivity index (χ0v) is 15.5. The topological polar surface area (TPSA) is 30.9 Å². The smallest absolute Gasteiger partial charge is 0.193 e. The fourth-order valence-corrected chi connectivity index (χ4v) is 3.13. The van der Waals surface area contributed by atoms with Crippen molar-refractivity contribution in [3.63, 3.8) is 0 Å². The summed E-state index contributed by atoms with van der Waals surface area (Å²) in [5.74, 6) is 0.601. The number of anilines is 1. The zero-order chi connectivity index (χ0) is 17.5. The highest BCUT2D eigenvalue weighted by Crippen LogP contribution is 2.18. The van der Waals surface area contributed by atoms with Crippen LogP contribution in [0.5, 0.6) is 0 Å². The number of thiophene rings is 1. The highest BCUT2D eigenvalue weighted by Gasteiger charge is 2.08. The standard InChI is InChI=1S/C18H25FN4S/c1-20-18(23(4)10-9-15-6-5-11-24-15)21-13-14-7-8-17(22(2)3)16(19)12-14/h5-8,11-12H,9-10,13H2,1-4H3,(H,20,21). The molecule has 0 bridgehead atoms. The van der Waals surface area contributed by atoms with E-state index in [-0.39, 0.29) is 5.82 Å². The highest BCUT2D eigenvalue weighted by atomic mass is 32.1. The van der Waals surface area contributed by atoms with Gasteiger partial charge in [0.05, 0.1) is 5.69 Å². The Labute approximate surface area is 147 Å². The molecule has 0 saturated carbocycles. The van der Waals surface area contributed by atoms with Crippen molar-refractivity contribution in [2.45, 2.75) is 13.0 Å². The number of hydrogen-bond donors (Lipinski definition) is 1. The van der Waals surface area contributed by atoms with Crippen LogP contribution in [0, 0.1) is 5.82 Å². The van der Waals surface area contributed by atoms with Crippen LogP contribution < -0.4 is 10.2 Å². The van der Waals surface area contributed by atoms with Crippen LogP contribution in [0.4, 0.5) is 10.1 Å². The second-order valence-electron chi connectivity index (χ2n) is 5.83. The third-order valence-electron chi connectivity index (χ3n) is 3.79. The van der Waals surface area contributed by atoms with Crippen LogP contribution in [-0.4, -0.2) is 45.6 Å². The van der Waals surface area contributed by atoms with Crippen molar-refractivity contribution in [2.24, 2.45) is 4.99 Å². The monoisotopic (exact) mass is 348 g/mol. The van der Waals surface area contributed by atoms with Crippen molar-refractivity contribution in [2.75, 3.05) is 39.6 Å². The van der Waals surface area contributed by atoms with Crippen LogP contribution in [0.2, 0.25) is 0 Å². The third kappa shape index (κ3) is 4.96. The minimum absolute atomic E-state index is 0.208. The predicted octanol–water partition coefficient (Wildman–Crippen LogP) is 3.20. The molecule has 0 amide bonds. The van der Waals surface area contributed by atoms with Crippen LogP contribution in [0.1, 0.15) is 10.4 Å². The Kier molecular flexibility index (Phi) is 6.61. The Balaban J connectivity index is 1.90. The third-order valence-corrected chi connectivity index (χ3v) is 4.73. The second-order valence-corrected chi connectivity index (χ2v) is 6.86. The molecule has 0 unspecified atom stereocenters. The zero-order valence-electron chi connectivity index (χ0n) is 14.7. The Bertz CT molecular complexity index is 668. The summed E-state index contributed by atoms with van der Waals surface area (Å²) in [6, 6.07) is 9.52. The number of guanidine groups is 1. The predicted molar refractivity (Wildman–Crippen MR) is 102 cm³/mol. The van der Waals surface area contributed by atoms with Crippen molar-refractivity contribution >= 4 is 23.0 Å². The van der Waals surface area contributed by atoms with E-state index in [1.165, 1.54) is 4.88 Å².